The summed E-state index contributed by atoms with van der Waals surface area (Å²) in [5.74, 6) is 0.761. The molecule has 0 amide bonds. The number of nitrogens with one attached hydrogen (secondary N) is 2. The molecule has 0 spiro atoms. The lowest BCUT2D eigenvalue weighted by Crippen LogP contribution is -2.30. The first-order valence-corrected chi connectivity index (χ1v) is 6.58. The van der Waals surface area contributed by atoms with Crippen molar-refractivity contribution in [2.75, 3.05) is 11.9 Å². The Hall–Kier alpha value is -1.89. The van der Waals surface area contributed by atoms with Crippen molar-refractivity contribution in [1.29, 1.82) is 0 Å². The molecule has 0 aliphatic rings. The summed E-state index contributed by atoms with van der Waals surface area (Å²) in [5.41, 5.74) is -0.154. The first kappa shape index (κ1) is 13.5. The van der Waals surface area contributed by atoms with Crippen LogP contribution in [0.15, 0.2) is 38.5 Å². The summed E-state index contributed by atoms with van der Waals surface area (Å²) in [5, 5.41) is 3.10. The second-order valence-electron chi connectivity index (χ2n) is 3.91. The first-order valence-electron chi connectivity index (χ1n) is 5.79. The van der Waals surface area contributed by atoms with Crippen LogP contribution in [0.2, 0.25) is 0 Å². The van der Waals surface area contributed by atoms with Crippen LogP contribution < -0.4 is 16.6 Å². The SMILES string of the molecule is CCNc1cccc(Cn2cc(Br)c(=O)[nH]c2=O)n1. The molecule has 6 nitrogen and oxygen atoms in total. The van der Waals surface area contributed by atoms with Crippen LogP contribution in [-0.4, -0.2) is 21.1 Å². The van der Waals surface area contributed by atoms with Gasteiger partial charge in [-0.05, 0) is 35.0 Å². The van der Waals surface area contributed by atoms with E-state index in [-0.39, 0.29) is 0 Å². The average Bonchev–Trinajstić information content (AvgIpc) is 2.37. The molecule has 0 unspecified atom stereocenters. The van der Waals surface area contributed by atoms with Crippen LogP contribution in [0.25, 0.3) is 0 Å². The summed E-state index contributed by atoms with van der Waals surface area (Å²) in [6.07, 6.45) is 1.46. The molecule has 2 heterocycles. The van der Waals surface area contributed by atoms with E-state index >= 15 is 0 Å². The molecule has 0 aliphatic heterocycles. The van der Waals surface area contributed by atoms with E-state index in [4.69, 9.17) is 0 Å². The largest absolute Gasteiger partial charge is 0.370 e. The van der Waals surface area contributed by atoms with Gasteiger partial charge >= 0.3 is 5.69 Å². The number of H-pyrrole nitrogens is 1. The average molecular weight is 325 g/mol. The van der Waals surface area contributed by atoms with Gasteiger partial charge in [0.1, 0.15) is 5.82 Å². The summed E-state index contributed by atoms with van der Waals surface area (Å²) >= 11 is 3.10. The van der Waals surface area contributed by atoms with Gasteiger partial charge in [0.15, 0.2) is 0 Å². The smallest absolute Gasteiger partial charge is 0.328 e. The molecule has 0 aromatic carbocycles. The Morgan fingerprint density at radius 1 is 1.42 bits per heavy atom. The third-order valence-electron chi connectivity index (χ3n) is 2.46. The molecule has 2 aromatic heterocycles. The zero-order valence-corrected chi connectivity index (χ0v) is 11.9. The van der Waals surface area contributed by atoms with Crippen LogP contribution in [0.4, 0.5) is 5.82 Å². The Bertz CT molecular complexity index is 693. The van der Waals surface area contributed by atoms with Gasteiger partial charge in [-0.25, -0.2) is 9.78 Å². The number of hydrogen-bond acceptors (Lipinski definition) is 4. The maximum Gasteiger partial charge on any atom is 0.328 e. The van der Waals surface area contributed by atoms with Crippen molar-refractivity contribution in [2.24, 2.45) is 0 Å². The van der Waals surface area contributed by atoms with Crippen molar-refractivity contribution < 1.29 is 0 Å². The van der Waals surface area contributed by atoms with Gasteiger partial charge in [-0.3, -0.25) is 14.3 Å². The van der Waals surface area contributed by atoms with E-state index in [1.165, 1.54) is 10.8 Å². The zero-order chi connectivity index (χ0) is 13.8. The number of halogens is 1. The highest BCUT2D eigenvalue weighted by Crippen LogP contribution is 2.06. The van der Waals surface area contributed by atoms with Crippen LogP contribution in [0, 0.1) is 0 Å². The quantitative estimate of drug-likeness (QED) is 0.884. The van der Waals surface area contributed by atoms with Gasteiger partial charge < -0.3 is 5.32 Å². The molecule has 7 heteroatoms. The third kappa shape index (κ3) is 3.31. The Labute approximate surface area is 117 Å². The number of rotatable bonds is 4. The van der Waals surface area contributed by atoms with Crippen LogP contribution >= 0.6 is 15.9 Å². The predicted molar refractivity (Wildman–Crippen MR) is 76.5 cm³/mol. The molecule has 2 N–H and O–H groups in total. The molecular weight excluding hydrogens is 312 g/mol. The molecule has 0 atom stereocenters. The summed E-state index contributed by atoms with van der Waals surface area (Å²) in [7, 11) is 0. The van der Waals surface area contributed by atoms with E-state index in [0.29, 0.717) is 11.0 Å². The second-order valence-corrected chi connectivity index (χ2v) is 4.76. The van der Waals surface area contributed by atoms with E-state index < -0.39 is 11.2 Å². The minimum Gasteiger partial charge on any atom is -0.370 e. The van der Waals surface area contributed by atoms with Crippen LogP contribution in [0.1, 0.15) is 12.6 Å². The van der Waals surface area contributed by atoms with Gasteiger partial charge in [0, 0.05) is 12.7 Å². The van der Waals surface area contributed by atoms with E-state index in [0.717, 1.165) is 18.1 Å². The lowest BCUT2D eigenvalue weighted by Gasteiger charge is -2.07. The van der Waals surface area contributed by atoms with Crippen LogP contribution in [0.5, 0.6) is 0 Å². The molecule has 0 saturated carbocycles. The maximum atomic E-state index is 11.7. The highest BCUT2D eigenvalue weighted by atomic mass is 79.9. The Kier molecular flexibility index (Phi) is 4.16. The molecule has 100 valence electrons. The van der Waals surface area contributed by atoms with Crippen molar-refractivity contribution in [2.45, 2.75) is 13.5 Å². The maximum absolute atomic E-state index is 11.7. The summed E-state index contributed by atoms with van der Waals surface area (Å²) in [6, 6.07) is 5.55. The molecule has 0 fully saturated rings. The van der Waals surface area contributed by atoms with Gasteiger partial charge in [0.2, 0.25) is 0 Å². The van der Waals surface area contributed by atoms with Crippen molar-refractivity contribution in [3.8, 4) is 0 Å². The lowest BCUT2D eigenvalue weighted by atomic mass is 10.3. The van der Waals surface area contributed by atoms with Crippen molar-refractivity contribution in [1.82, 2.24) is 14.5 Å². The fourth-order valence-electron chi connectivity index (χ4n) is 1.62. The fraction of sp³-hybridized carbons (Fsp3) is 0.250. The fourth-order valence-corrected chi connectivity index (χ4v) is 1.97. The minimum absolute atomic E-state index is 0.299. The van der Waals surface area contributed by atoms with E-state index in [1.54, 1.807) is 0 Å². The molecular formula is C12H13BrN4O2. The van der Waals surface area contributed by atoms with Crippen molar-refractivity contribution in [3.63, 3.8) is 0 Å². The summed E-state index contributed by atoms with van der Waals surface area (Å²) in [6.45, 7) is 3.06. The standard InChI is InChI=1S/C12H13BrN4O2/c1-2-14-10-5-3-4-8(15-10)6-17-7-9(13)11(18)16-12(17)19/h3-5,7H,2,6H2,1H3,(H,14,15)(H,16,18,19). The second kappa shape index (κ2) is 5.83. The Balaban J connectivity index is 2.31. The van der Waals surface area contributed by atoms with E-state index in [2.05, 4.69) is 31.2 Å². The summed E-state index contributed by atoms with van der Waals surface area (Å²) < 4.78 is 1.71. The predicted octanol–water partition coefficient (Wildman–Crippen LogP) is 1.17. The van der Waals surface area contributed by atoms with Gasteiger partial charge in [-0.15, -0.1) is 0 Å². The highest BCUT2D eigenvalue weighted by molar-refractivity contribution is 9.10. The Morgan fingerprint density at radius 2 is 2.21 bits per heavy atom. The van der Waals surface area contributed by atoms with Crippen LogP contribution in [0.3, 0.4) is 0 Å². The monoisotopic (exact) mass is 324 g/mol. The number of pyridine rings is 1. The van der Waals surface area contributed by atoms with E-state index in [9.17, 15) is 9.59 Å². The Morgan fingerprint density at radius 3 is 2.95 bits per heavy atom. The molecule has 2 rings (SSSR count). The normalized spacial score (nSPS) is 10.4. The number of aromatic amines is 1. The number of anilines is 1. The highest BCUT2D eigenvalue weighted by Gasteiger charge is 2.04. The third-order valence-corrected chi connectivity index (χ3v) is 3.03. The van der Waals surface area contributed by atoms with Gasteiger partial charge in [-0.2, -0.15) is 0 Å². The molecule has 2 aromatic rings. The minimum atomic E-state index is -0.455. The molecule has 0 aliphatic carbocycles. The number of nitrogens with zero attached hydrogens (tertiary/aromatic N) is 2. The van der Waals surface area contributed by atoms with Crippen molar-refractivity contribution in [3.05, 3.63) is 55.4 Å². The van der Waals surface area contributed by atoms with E-state index in [1.807, 2.05) is 25.1 Å². The number of aromatic nitrogens is 3. The first-order chi connectivity index (χ1) is 9.10. The van der Waals surface area contributed by atoms with Gasteiger partial charge in [0.05, 0.1) is 16.7 Å². The van der Waals surface area contributed by atoms with Gasteiger partial charge in [-0.1, -0.05) is 6.07 Å². The molecule has 0 radical (unpaired) electrons. The van der Waals surface area contributed by atoms with Crippen molar-refractivity contribution >= 4 is 21.7 Å². The summed E-state index contributed by atoms with van der Waals surface area (Å²) in [4.78, 5) is 29.5. The number of hydrogen-bond donors (Lipinski definition) is 2. The topological polar surface area (TPSA) is 79.8 Å². The van der Waals surface area contributed by atoms with Crippen LogP contribution in [-0.2, 0) is 6.54 Å². The molecule has 0 saturated heterocycles. The zero-order valence-electron chi connectivity index (χ0n) is 10.3. The lowest BCUT2D eigenvalue weighted by molar-refractivity contribution is 0.701. The molecule has 0 bridgehead atoms. The van der Waals surface area contributed by atoms with Gasteiger partial charge in [0.25, 0.3) is 5.56 Å². The molecule has 19 heavy (non-hydrogen) atoms.